The van der Waals surface area contributed by atoms with Crippen molar-refractivity contribution < 1.29 is 4.79 Å². The van der Waals surface area contributed by atoms with Gasteiger partial charge in [-0.15, -0.1) is 5.10 Å². The number of rotatable bonds is 5. The second-order valence-electron chi connectivity index (χ2n) is 6.65. The van der Waals surface area contributed by atoms with Crippen molar-refractivity contribution in [1.82, 2.24) is 20.2 Å². The van der Waals surface area contributed by atoms with Gasteiger partial charge in [0.05, 0.1) is 6.04 Å². The van der Waals surface area contributed by atoms with Crippen LogP contribution in [0.5, 0.6) is 0 Å². The maximum atomic E-state index is 12.5. The molecule has 0 saturated heterocycles. The molecule has 7 nitrogen and oxygen atoms in total. The molecule has 1 saturated carbocycles. The first kappa shape index (κ1) is 16.3. The average Bonchev–Trinajstić information content (AvgIpc) is 3.39. The molecule has 1 amide bonds. The van der Waals surface area contributed by atoms with E-state index in [0.29, 0.717) is 11.6 Å². The zero-order chi connectivity index (χ0) is 18.1. The molecule has 1 N–H and O–H groups in total. The molecule has 1 aromatic heterocycles. The molecule has 0 spiro atoms. The van der Waals surface area contributed by atoms with Crippen LogP contribution in [0, 0.1) is 0 Å². The Morgan fingerprint density at radius 2 is 1.92 bits per heavy atom. The summed E-state index contributed by atoms with van der Waals surface area (Å²) in [5.41, 5.74) is 3.28. The van der Waals surface area contributed by atoms with Crippen LogP contribution < -0.4 is 10.2 Å². The first-order valence-corrected chi connectivity index (χ1v) is 8.59. The van der Waals surface area contributed by atoms with Crippen LogP contribution in [-0.4, -0.2) is 40.2 Å². The zero-order valence-electron chi connectivity index (χ0n) is 14.8. The highest BCUT2D eigenvalue weighted by molar-refractivity contribution is 6.04. The van der Waals surface area contributed by atoms with Gasteiger partial charge in [-0.2, -0.15) is 0 Å². The molecule has 0 aliphatic heterocycles. The molecule has 3 aromatic rings. The molecular formula is C19H20N6O. The third kappa shape index (κ3) is 3.28. The van der Waals surface area contributed by atoms with Gasteiger partial charge in [-0.25, -0.2) is 4.68 Å². The lowest BCUT2D eigenvalue weighted by atomic mass is 10.1. The fraction of sp³-hybridized carbons (Fsp3) is 0.263. The van der Waals surface area contributed by atoms with Gasteiger partial charge in [0.15, 0.2) is 5.82 Å². The summed E-state index contributed by atoms with van der Waals surface area (Å²) in [6.07, 6.45) is 2.25. The molecule has 7 heteroatoms. The number of carbonyl (C=O) groups excluding carboxylic acids is 1. The summed E-state index contributed by atoms with van der Waals surface area (Å²) in [5.74, 6) is 0.633. The van der Waals surface area contributed by atoms with Crippen molar-refractivity contribution >= 4 is 17.3 Å². The largest absolute Gasteiger partial charge is 0.378 e. The molecule has 1 aliphatic rings. The number of amides is 1. The van der Waals surface area contributed by atoms with E-state index in [9.17, 15) is 4.79 Å². The van der Waals surface area contributed by atoms with Gasteiger partial charge in [0.2, 0.25) is 0 Å². The minimum atomic E-state index is -0.135. The van der Waals surface area contributed by atoms with Gasteiger partial charge in [0, 0.05) is 36.6 Å². The highest BCUT2D eigenvalue weighted by atomic mass is 16.1. The molecule has 26 heavy (non-hydrogen) atoms. The van der Waals surface area contributed by atoms with Gasteiger partial charge in [-0.05, 0) is 65.7 Å². The Balaban J connectivity index is 1.50. The van der Waals surface area contributed by atoms with Crippen molar-refractivity contribution in [3.63, 3.8) is 0 Å². The van der Waals surface area contributed by atoms with E-state index in [2.05, 4.69) is 20.8 Å². The SMILES string of the molecule is CN(C)c1cccc(C(=O)Nc2ccc(-c3nnnn3C3CC3)cc2)c1. The quantitative estimate of drug-likeness (QED) is 0.767. The van der Waals surface area contributed by atoms with Crippen molar-refractivity contribution in [1.29, 1.82) is 0 Å². The topological polar surface area (TPSA) is 75.9 Å². The first-order valence-electron chi connectivity index (χ1n) is 8.59. The molecule has 0 unspecified atom stereocenters. The molecular weight excluding hydrogens is 328 g/mol. The average molecular weight is 348 g/mol. The summed E-state index contributed by atoms with van der Waals surface area (Å²) < 4.78 is 1.88. The lowest BCUT2D eigenvalue weighted by molar-refractivity contribution is 0.102. The van der Waals surface area contributed by atoms with E-state index in [1.165, 1.54) is 0 Å². The summed E-state index contributed by atoms with van der Waals surface area (Å²) in [7, 11) is 3.90. The maximum absolute atomic E-state index is 12.5. The highest BCUT2D eigenvalue weighted by Crippen LogP contribution is 2.36. The Hall–Kier alpha value is -3.22. The molecule has 1 heterocycles. The molecule has 0 bridgehead atoms. The third-order valence-electron chi connectivity index (χ3n) is 4.41. The van der Waals surface area contributed by atoms with E-state index in [0.717, 1.165) is 35.6 Å². The number of hydrogen-bond acceptors (Lipinski definition) is 5. The van der Waals surface area contributed by atoms with Crippen LogP contribution >= 0.6 is 0 Å². The van der Waals surface area contributed by atoms with Crippen LogP contribution in [0.4, 0.5) is 11.4 Å². The van der Waals surface area contributed by atoms with Gasteiger partial charge in [-0.1, -0.05) is 6.07 Å². The van der Waals surface area contributed by atoms with Crippen LogP contribution in [0.25, 0.3) is 11.4 Å². The van der Waals surface area contributed by atoms with Crippen molar-refractivity contribution in [3.05, 3.63) is 54.1 Å². The number of carbonyl (C=O) groups is 1. The summed E-state index contributed by atoms with van der Waals surface area (Å²) >= 11 is 0. The third-order valence-corrected chi connectivity index (χ3v) is 4.41. The maximum Gasteiger partial charge on any atom is 0.255 e. The van der Waals surface area contributed by atoms with E-state index in [-0.39, 0.29) is 5.91 Å². The summed E-state index contributed by atoms with van der Waals surface area (Å²) in [5, 5.41) is 14.9. The van der Waals surface area contributed by atoms with E-state index >= 15 is 0 Å². The Kier molecular flexibility index (Phi) is 4.12. The number of nitrogens with zero attached hydrogens (tertiary/aromatic N) is 5. The second-order valence-corrected chi connectivity index (χ2v) is 6.65. The Labute approximate surface area is 151 Å². The Morgan fingerprint density at radius 1 is 1.15 bits per heavy atom. The number of tetrazole rings is 1. The van der Waals surface area contributed by atoms with Crippen LogP contribution in [0.2, 0.25) is 0 Å². The van der Waals surface area contributed by atoms with Crippen LogP contribution in [0.3, 0.4) is 0 Å². The van der Waals surface area contributed by atoms with Crippen LogP contribution in [0.1, 0.15) is 29.2 Å². The fourth-order valence-corrected chi connectivity index (χ4v) is 2.78. The normalized spacial score (nSPS) is 13.5. The first-order chi connectivity index (χ1) is 12.6. The minimum Gasteiger partial charge on any atom is -0.378 e. The van der Waals surface area contributed by atoms with Gasteiger partial charge in [0.1, 0.15) is 0 Å². The van der Waals surface area contributed by atoms with E-state index in [4.69, 9.17) is 0 Å². The predicted octanol–water partition coefficient (Wildman–Crippen LogP) is 2.99. The molecule has 1 fully saturated rings. The molecule has 2 aromatic carbocycles. The number of nitrogens with one attached hydrogen (secondary N) is 1. The van der Waals surface area contributed by atoms with Gasteiger partial charge >= 0.3 is 0 Å². The lowest BCUT2D eigenvalue weighted by Gasteiger charge is -2.13. The lowest BCUT2D eigenvalue weighted by Crippen LogP contribution is -2.14. The van der Waals surface area contributed by atoms with Gasteiger partial charge in [0.25, 0.3) is 5.91 Å². The Morgan fingerprint density at radius 3 is 2.62 bits per heavy atom. The van der Waals surface area contributed by atoms with Gasteiger partial charge < -0.3 is 10.2 Å². The number of anilines is 2. The van der Waals surface area contributed by atoms with E-state index < -0.39 is 0 Å². The molecule has 0 radical (unpaired) electrons. The highest BCUT2D eigenvalue weighted by Gasteiger charge is 2.28. The summed E-state index contributed by atoms with van der Waals surface area (Å²) in [4.78, 5) is 14.5. The Bertz CT molecular complexity index is 927. The second kappa shape index (κ2) is 6.59. The smallest absolute Gasteiger partial charge is 0.255 e. The fourth-order valence-electron chi connectivity index (χ4n) is 2.78. The monoisotopic (exact) mass is 348 g/mol. The summed E-state index contributed by atoms with van der Waals surface area (Å²) in [6, 6.07) is 15.5. The zero-order valence-corrected chi connectivity index (χ0v) is 14.8. The van der Waals surface area contributed by atoms with Gasteiger partial charge in [-0.3, -0.25) is 4.79 Å². The molecule has 132 valence electrons. The van der Waals surface area contributed by atoms with E-state index in [1.807, 2.05) is 66.1 Å². The number of hydrogen-bond donors (Lipinski definition) is 1. The van der Waals surface area contributed by atoms with Crippen molar-refractivity contribution in [2.45, 2.75) is 18.9 Å². The van der Waals surface area contributed by atoms with Crippen LogP contribution in [0.15, 0.2) is 48.5 Å². The van der Waals surface area contributed by atoms with Crippen molar-refractivity contribution in [3.8, 4) is 11.4 Å². The standard InChI is InChI=1S/C19H20N6O/c1-24(2)17-5-3-4-14(12-17)19(26)20-15-8-6-13(7-9-15)18-21-22-23-25(18)16-10-11-16/h3-9,12,16H,10-11H2,1-2H3,(H,20,26). The number of aromatic nitrogens is 4. The number of benzene rings is 2. The van der Waals surface area contributed by atoms with Crippen LogP contribution in [-0.2, 0) is 0 Å². The minimum absolute atomic E-state index is 0.135. The molecule has 4 rings (SSSR count). The summed E-state index contributed by atoms with van der Waals surface area (Å²) in [6.45, 7) is 0. The molecule has 1 aliphatic carbocycles. The van der Waals surface area contributed by atoms with Crippen molar-refractivity contribution in [2.24, 2.45) is 0 Å². The molecule has 0 atom stereocenters. The van der Waals surface area contributed by atoms with Crippen molar-refractivity contribution in [2.75, 3.05) is 24.3 Å². The predicted molar refractivity (Wildman–Crippen MR) is 100 cm³/mol. The van der Waals surface area contributed by atoms with E-state index in [1.54, 1.807) is 6.07 Å².